The average Bonchev–Trinajstić information content (AvgIpc) is 2.47. The van der Waals surface area contributed by atoms with Crippen LogP contribution >= 0.6 is 22.6 Å². The molecule has 0 radical (unpaired) electrons. The van der Waals surface area contributed by atoms with E-state index in [9.17, 15) is 0 Å². The maximum absolute atomic E-state index is 5.99. The second kappa shape index (κ2) is 7.64. The highest BCUT2D eigenvalue weighted by Gasteiger charge is 2.03. The van der Waals surface area contributed by atoms with Gasteiger partial charge in [0.05, 0.1) is 0 Å². The molecule has 0 spiro atoms. The quantitative estimate of drug-likeness (QED) is 0.763. The number of hydrogen-bond donors (Lipinski definition) is 1. The van der Waals surface area contributed by atoms with Gasteiger partial charge >= 0.3 is 0 Å². The highest BCUT2D eigenvalue weighted by atomic mass is 127. The SMILES string of the molecule is CCC(N)Cc1cccc(OCc2ccc(I)cc2)c1. The maximum Gasteiger partial charge on any atom is 0.120 e. The lowest BCUT2D eigenvalue weighted by Crippen LogP contribution is -2.21. The highest BCUT2D eigenvalue weighted by Crippen LogP contribution is 2.17. The molecular formula is C17H20INO. The zero-order valence-corrected chi connectivity index (χ0v) is 13.8. The lowest BCUT2D eigenvalue weighted by atomic mass is 10.0. The Bertz CT molecular complexity index is 539. The Kier molecular flexibility index (Phi) is 5.86. The van der Waals surface area contributed by atoms with E-state index in [0.717, 1.165) is 18.6 Å². The summed E-state index contributed by atoms with van der Waals surface area (Å²) in [6, 6.07) is 16.8. The second-order valence-corrected chi connectivity index (χ2v) is 6.18. The number of ether oxygens (including phenoxy) is 1. The summed E-state index contributed by atoms with van der Waals surface area (Å²) < 4.78 is 7.08. The topological polar surface area (TPSA) is 35.2 Å². The first-order chi connectivity index (χ1) is 9.67. The number of benzene rings is 2. The molecule has 106 valence electrons. The summed E-state index contributed by atoms with van der Waals surface area (Å²) in [5.41, 5.74) is 8.41. The van der Waals surface area contributed by atoms with E-state index >= 15 is 0 Å². The summed E-state index contributed by atoms with van der Waals surface area (Å²) in [6.07, 6.45) is 1.89. The van der Waals surface area contributed by atoms with E-state index in [0.29, 0.717) is 6.61 Å². The average molecular weight is 381 g/mol. The van der Waals surface area contributed by atoms with Gasteiger partial charge in [-0.25, -0.2) is 0 Å². The van der Waals surface area contributed by atoms with Gasteiger partial charge in [-0.1, -0.05) is 31.2 Å². The molecule has 0 saturated heterocycles. The third kappa shape index (κ3) is 4.80. The maximum atomic E-state index is 5.99. The lowest BCUT2D eigenvalue weighted by Gasteiger charge is -2.11. The van der Waals surface area contributed by atoms with Crippen LogP contribution in [0.4, 0.5) is 0 Å². The molecule has 0 aliphatic rings. The fraction of sp³-hybridized carbons (Fsp3) is 0.294. The van der Waals surface area contributed by atoms with Gasteiger partial charge in [-0.05, 0) is 70.8 Å². The molecule has 0 heterocycles. The summed E-state index contributed by atoms with van der Waals surface area (Å²) in [5, 5.41) is 0. The minimum absolute atomic E-state index is 0.224. The first kappa shape index (κ1) is 15.3. The number of nitrogens with two attached hydrogens (primary N) is 1. The van der Waals surface area contributed by atoms with Crippen LogP contribution in [0.1, 0.15) is 24.5 Å². The predicted molar refractivity (Wildman–Crippen MR) is 91.9 cm³/mol. The molecule has 0 bridgehead atoms. The molecule has 3 heteroatoms. The van der Waals surface area contributed by atoms with Crippen molar-refractivity contribution >= 4 is 22.6 Å². The van der Waals surface area contributed by atoms with Crippen LogP contribution in [0, 0.1) is 3.57 Å². The molecule has 2 N–H and O–H groups in total. The van der Waals surface area contributed by atoms with Gasteiger partial charge in [0.2, 0.25) is 0 Å². The van der Waals surface area contributed by atoms with E-state index in [1.807, 2.05) is 12.1 Å². The van der Waals surface area contributed by atoms with Crippen LogP contribution in [0.3, 0.4) is 0 Å². The van der Waals surface area contributed by atoms with Crippen molar-refractivity contribution in [2.75, 3.05) is 0 Å². The molecule has 0 amide bonds. The summed E-state index contributed by atoms with van der Waals surface area (Å²) >= 11 is 2.30. The molecule has 0 aliphatic carbocycles. The molecule has 0 aliphatic heterocycles. The second-order valence-electron chi connectivity index (χ2n) is 4.93. The normalized spacial score (nSPS) is 12.2. The molecule has 0 saturated carbocycles. The van der Waals surface area contributed by atoms with Gasteiger partial charge in [-0.3, -0.25) is 0 Å². The molecule has 1 atom stereocenters. The van der Waals surface area contributed by atoms with Crippen molar-refractivity contribution in [3.05, 3.63) is 63.2 Å². The van der Waals surface area contributed by atoms with Gasteiger partial charge in [0, 0.05) is 9.61 Å². The van der Waals surface area contributed by atoms with Crippen molar-refractivity contribution in [2.24, 2.45) is 5.73 Å². The Morgan fingerprint density at radius 2 is 1.85 bits per heavy atom. The Labute approximate surface area is 134 Å². The zero-order chi connectivity index (χ0) is 14.4. The summed E-state index contributed by atoms with van der Waals surface area (Å²) in [6.45, 7) is 2.71. The van der Waals surface area contributed by atoms with Gasteiger partial charge < -0.3 is 10.5 Å². The lowest BCUT2D eigenvalue weighted by molar-refractivity contribution is 0.306. The fourth-order valence-electron chi connectivity index (χ4n) is 1.96. The van der Waals surface area contributed by atoms with Gasteiger partial charge in [0.15, 0.2) is 0 Å². The molecule has 2 rings (SSSR count). The van der Waals surface area contributed by atoms with Crippen molar-refractivity contribution in [3.8, 4) is 5.75 Å². The van der Waals surface area contributed by atoms with Crippen molar-refractivity contribution in [3.63, 3.8) is 0 Å². The minimum Gasteiger partial charge on any atom is -0.489 e. The Hall–Kier alpha value is -1.07. The van der Waals surface area contributed by atoms with E-state index in [-0.39, 0.29) is 6.04 Å². The molecule has 2 aromatic carbocycles. The number of rotatable bonds is 6. The Morgan fingerprint density at radius 3 is 2.55 bits per heavy atom. The van der Waals surface area contributed by atoms with Crippen molar-refractivity contribution < 1.29 is 4.74 Å². The molecular weight excluding hydrogens is 361 g/mol. The standard InChI is InChI=1S/C17H20INO/c1-2-16(19)10-14-4-3-5-17(11-14)20-12-13-6-8-15(18)9-7-13/h3-9,11,16H,2,10,12,19H2,1H3. The third-order valence-electron chi connectivity index (χ3n) is 3.24. The van der Waals surface area contributed by atoms with Crippen molar-refractivity contribution in [1.29, 1.82) is 0 Å². The fourth-order valence-corrected chi connectivity index (χ4v) is 2.32. The van der Waals surface area contributed by atoms with Crippen LogP contribution in [0.15, 0.2) is 48.5 Å². The monoisotopic (exact) mass is 381 g/mol. The molecule has 0 fully saturated rings. The molecule has 1 unspecified atom stereocenters. The van der Waals surface area contributed by atoms with Gasteiger partial charge in [0.1, 0.15) is 12.4 Å². The third-order valence-corrected chi connectivity index (χ3v) is 3.96. The Balaban J connectivity index is 1.95. The summed E-state index contributed by atoms with van der Waals surface area (Å²) in [5.74, 6) is 0.907. The smallest absolute Gasteiger partial charge is 0.120 e. The van der Waals surface area contributed by atoms with Crippen LogP contribution < -0.4 is 10.5 Å². The van der Waals surface area contributed by atoms with E-state index in [4.69, 9.17) is 10.5 Å². The minimum atomic E-state index is 0.224. The molecule has 20 heavy (non-hydrogen) atoms. The van der Waals surface area contributed by atoms with Gasteiger partial charge in [-0.2, -0.15) is 0 Å². The van der Waals surface area contributed by atoms with Crippen LogP contribution in [0.2, 0.25) is 0 Å². The predicted octanol–water partition coefficient (Wildman–Crippen LogP) is 4.15. The van der Waals surface area contributed by atoms with E-state index in [1.54, 1.807) is 0 Å². The summed E-state index contributed by atoms with van der Waals surface area (Å²) in [7, 11) is 0. The molecule has 0 aromatic heterocycles. The van der Waals surface area contributed by atoms with Crippen molar-refractivity contribution in [1.82, 2.24) is 0 Å². The van der Waals surface area contributed by atoms with Crippen LogP contribution in [0.5, 0.6) is 5.75 Å². The first-order valence-electron chi connectivity index (χ1n) is 6.89. The van der Waals surface area contributed by atoms with Crippen LogP contribution in [-0.2, 0) is 13.0 Å². The number of hydrogen-bond acceptors (Lipinski definition) is 2. The van der Waals surface area contributed by atoms with E-state index in [1.165, 1.54) is 14.7 Å². The van der Waals surface area contributed by atoms with Crippen molar-refractivity contribution in [2.45, 2.75) is 32.4 Å². The first-order valence-corrected chi connectivity index (χ1v) is 7.97. The van der Waals surface area contributed by atoms with Crippen LogP contribution in [-0.4, -0.2) is 6.04 Å². The van der Waals surface area contributed by atoms with Gasteiger partial charge in [-0.15, -0.1) is 0 Å². The summed E-state index contributed by atoms with van der Waals surface area (Å²) in [4.78, 5) is 0. The van der Waals surface area contributed by atoms with E-state index < -0.39 is 0 Å². The highest BCUT2D eigenvalue weighted by molar-refractivity contribution is 14.1. The van der Waals surface area contributed by atoms with Crippen LogP contribution in [0.25, 0.3) is 0 Å². The molecule has 2 nitrogen and oxygen atoms in total. The number of halogens is 1. The zero-order valence-electron chi connectivity index (χ0n) is 11.7. The van der Waals surface area contributed by atoms with E-state index in [2.05, 4.69) is 65.9 Å². The van der Waals surface area contributed by atoms with Gasteiger partial charge in [0.25, 0.3) is 0 Å². The Morgan fingerprint density at radius 1 is 1.10 bits per heavy atom. The molecule has 2 aromatic rings. The largest absolute Gasteiger partial charge is 0.489 e.